The second kappa shape index (κ2) is 14.6. The molecule has 0 radical (unpaired) electrons. The van der Waals surface area contributed by atoms with Crippen molar-refractivity contribution in [1.82, 2.24) is 25.2 Å². The number of hydrogen-bond donors (Lipinski definition) is 6. The van der Waals surface area contributed by atoms with Crippen LogP contribution in [0, 0.1) is 0 Å². The lowest BCUT2D eigenvalue weighted by molar-refractivity contribution is -0.924. The number of rotatable bonds is 12. The van der Waals surface area contributed by atoms with Crippen LogP contribution in [0.5, 0.6) is 0 Å². The van der Waals surface area contributed by atoms with Gasteiger partial charge in [-0.25, -0.2) is 19.6 Å². The van der Waals surface area contributed by atoms with Gasteiger partial charge in [-0.3, -0.25) is 38.9 Å². The average Bonchev–Trinajstić information content (AvgIpc) is 3.35. The Kier molecular flexibility index (Phi) is 10.3. The minimum atomic E-state index is -1.95. The Morgan fingerprint density at radius 1 is 1.11 bits per heavy atom. The van der Waals surface area contributed by atoms with E-state index >= 15 is 0 Å². The number of piperidine rings is 1. The van der Waals surface area contributed by atoms with Crippen LogP contribution in [-0.2, 0) is 43.2 Å². The van der Waals surface area contributed by atoms with Crippen LogP contribution >= 0.6 is 23.1 Å². The summed E-state index contributed by atoms with van der Waals surface area (Å²) in [5.41, 5.74) is 4.95. The molecule has 0 spiro atoms. The Morgan fingerprint density at radius 2 is 1.83 bits per heavy atom. The van der Waals surface area contributed by atoms with Crippen LogP contribution in [-0.4, -0.2) is 166 Å². The normalized spacial score (nSPS) is 26.3. The third kappa shape index (κ3) is 7.31. The molecule has 3 atom stereocenters. The van der Waals surface area contributed by atoms with Crippen molar-refractivity contribution < 1.29 is 68.2 Å². The number of aromatic nitrogens is 1. The summed E-state index contributed by atoms with van der Waals surface area (Å²) in [6.45, 7) is 1.48. The molecule has 6 aliphatic rings. The van der Waals surface area contributed by atoms with E-state index in [1.54, 1.807) is 4.90 Å². The maximum absolute atomic E-state index is 13.5. The Hall–Kier alpha value is -5.39. The third-order valence-corrected chi connectivity index (χ3v) is 11.7. The number of ketones is 2. The average molecular weight is 778 g/mol. The molecule has 0 saturated carbocycles. The molecule has 7 rings (SSSR count). The number of amides is 3. The van der Waals surface area contributed by atoms with Gasteiger partial charge in [0.15, 0.2) is 10.8 Å². The van der Waals surface area contributed by atoms with Crippen LogP contribution in [0.25, 0.3) is 0 Å². The highest BCUT2D eigenvalue weighted by molar-refractivity contribution is 8.00. The van der Waals surface area contributed by atoms with E-state index < -0.39 is 83.4 Å². The molecule has 4 fully saturated rings. The second-order valence-corrected chi connectivity index (χ2v) is 14.9. The number of fused-ring (bicyclic) bond motifs is 5. The number of nitrogens with zero attached hydrogens (tertiary/aromatic N) is 6. The summed E-state index contributed by atoms with van der Waals surface area (Å²) in [5, 5.41) is 45.9. The number of carbonyl (C=O) groups is 8. The molecule has 2 bridgehead atoms. The van der Waals surface area contributed by atoms with Gasteiger partial charge in [0.25, 0.3) is 17.7 Å². The van der Waals surface area contributed by atoms with Gasteiger partial charge < -0.3 is 40.6 Å². The predicted octanol–water partition coefficient (Wildman–Crippen LogP) is -2.34. The van der Waals surface area contributed by atoms with Gasteiger partial charge in [-0.15, -0.1) is 23.1 Å². The Bertz CT molecular complexity index is 1900. The van der Waals surface area contributed by atoms with Crippen molar-refractivity contribution in [2.24, 2.45) is 5.16 Å². The number of hydrogen-bond acceptors (Lipinski definition) is 16. The summed E-state index contributed by atoms with van der Waals surface area (Å²) in [6.07, 6.45) is -0.978. The first kappa shape index (κ1) is 37.4. The predicted molar refractivity (Wildman–Crippen MR) is 179 cm³/mol. The zero-order valence-corrected chi connectivity index (χ0v) is 29.2. The zero-order chi connectivity index (χ0) is 38.4. The Labute approximate surface area is 306 Å². The number of hydroxylamine groups is 2. The number of Topliss-reactive ketones (excluding diaryl/α,β-unsaturated/α-hetero) is 1. The minimum Gasteiger partial charge on any atom is -0.481 e. The maximum Gasteiger partial charge on any atom is 0.352 e. The topological polar surface area (TPSA) is 300 Å². The maximum atomic E-state index is 13.5. The number of carboxylic acid groups (broad SMARTS) is 3. The number of nitrogens with one attached hydrogen (secondary N) is 1. The highest BCUT2D eigenvalue weighted by Crippen LogP contribution is 2.42. The fourth-order valence-electron chi connectivity index (χ4n) is 7.01. The molecule has 0 unspecified atom stereocenters. The number of thiazole rings is 1. The number of quaternary nitrogens is 1. The van der Waals surface area contributed by atoms with Gasteiger partial charge in [-0.2, -0.15) is 0 Å². The standard InChI is InChI=1S/C30H32N8O13S2/c31-30-32-15(12-53-30)21(34-51-19(28(46)47)8-20(41)42)24(43)33-22-26(45)37-23(29(48)49)13(11-52-27(22)37)10-38-4-1-14(2-5-38)35(3-6-38)25(44)16-7-17(39)18(40)9-36(16)50/h7,12,14,19,22,27,50H,1-6,8-11H2,(H5-,31,32,33,41,42,43,46,47,48,49)/p+1/b34-21-/t14?,19-,22+,27+,38?/m0/s1. The molecule has 7 heterocycles. The lowest BCUT2D eigenvalue weighted by atomic mass is 9.99. The number of aliphatic carboxylic acids is 3. The van der Waals surface area contributed by atoms with Crippen molar-refractivity contribution in [3.63, 3.8) is 0 Å². The van der Waals surface area contributed by atoms with Gasteiger partial charge in [0, 0.05) is 41.7 Å². The van der Waals surface area contributed by atoms with E-state index in [1.165, 1.54) is 17.1 Å². The highest BCUT2D eigenvalue weighted by Gasteiger charge is 2.56. The molecule has 0 aliphatic carbocycles. The molecule has 4 saturated heterocycles. The number of thioether (sulfide) groups is 1. The molecule has 1 aromatic rings. The Balaban J connectivity index is 1.17. The van der Waals surface area contributed by atoms with E-state index in [0.29, 0.717) is 47.6 Å². The summed E-state index contributed by atoms with van der Waals surface area (Å²) < 4.78 is 0.426. The lowest BCUT2D eigenvalue weighted by Gasteiger charge is -2.50. The summed E-state index contributed by atoms with van der Waals surface area (Å²) in [4.78, 5) is 111. The van der Waals surface area contributed by atoms with Gasteiger partial charge in [0.2, 0.25) is 17.7 Å². The van der Waals surface area contributed by atoms with Crippen LogP contribution in [0.15, 0.2) is 33.6 Å². The van der Waals surface area contributed by atoms with Crippen molar-refractivity contribution in [3.05, 3.63) is 34.1 Å². The SMILES string of the molecule is Nc1nc(/C(=N/O[C@@H](CC(=O)O)C(=O)O)C(=O)N[C@@H]2C(=O)N3C(C(=O)O)=C(C[N+]45CCC(CC4)N(C(=O)C4=CC(=O)C(=O)CN4O)CC5)CS[C@H]23)cs1. The first-order chi connectivity index (χ1) is 25.1. The first-order valence-corrected chi connectivity index (χ1v) is 18.0. The minimum absolute atomic E-state index is 0.0188. The van der Waals surface area contributed by atoms with Gasteiger partial charge in [-0.1, -0.05) is 5.16 Å². The number of nitrogens with two attached hydrogens (primary N) is 1. The number of carbonyl (C=O) groups excluding carboxylic acids is 5. The summed E-state index contributed by atoms with van der Waals surface area (Å²) in [6, 6.07) is -1.42. The number of oxime groups is 1. The van der Waals surface area contributed by atoms with E-state index in [4.69, 9.17) is 15.7 Å². The number of β-lactam (4-membered cyclic amide) rings is 1. The highest BCUT2D eigenvalue weighted by atomic mass is 32.2. The quantitative estimate of drug-likeness (QED) is 0.0426. The number of anilines is 1. The van der Waals surface area contributed by atoms with Crippen LogP contribution < -0.4 is 11.1 Å². The van der Waals surface area contributed by atoms with Gasteiger partial charge >= 0.3 is 17.9 Å². The van der Waals surface area contributed by atoms with E-state index in [-0.39, 0.29) is 47.1 Å². The summed E-state index contributed by atoms with van der Waals surface area (Å²) in [7, 11) is 0. The lowest BCUT2D eigenvalue weighted by Crippen LogP contribution is -2.71. The van der Waals surface area contributed by atoms with Crippen molar-refractivity contribution >= 4 is 81.1 Å². The van der Waals surface area contributed by atoms with Gasteiger partial charge in [0.05, 0.1) is 32.6 Å². The smallest absolute Gasteiger partial charge is 0.352 e. The molecule has 1 aromatic heterocycles. The number of carboxylic acids is 3. The van der Waals surface area contributed by atoms with Crippen molar-refractivity contribution in [1.29, 1.82) is 0 Å². The fraction of sp³-hybridized carbons (Fsp3) is 0.467. The Morgan fingerprint density at radius 3 is 2.45 bits per heavy atom. The molecule has 53 heavy (non-hydrogen) atoms. The van der Waals surface area contributed by atoms with Crippen LogP contribution in [0.1, 0.15) is 25.0 Å². The van der Waals surface area contributed by atoms with Crippen molar-refractivity contribution in [3.8, 4) is 0 Å². The van der Waals surface area contributed by atoms with Crippen LogP contribution in [0.3, 0.4) is 0 Å². The van der Waals surface area contributed by atoms with E-state index in [0.717, 1.165) is 22.3 Å². The van der Waals surface area contributed by atoms with Gasteiger partial charge in [0.1, 0.15) is 41.6 Å². The molecular formula is C30H33N8O13S2+. The zero-order valence-electron chi connectivity index (χ0n) is 27.6. The van der Waals surface area contributed by atoms with Crippen molar-refractivity contribution in [2.75, 3.05) is 50.8 Å². The molecule has 6 aliphatic heterocycles. The number of nitrogen functional groups attached to an aromatic ring is 1. The van der Waals surface area contributed by atoms with Crippen molar-refractivity contribution in [2.45, 2.75) is 42.8 Å². The molecule has 7 N–H and O–H groups in total. The van der Waals surface area contributed by atoms with E-state index in [1.807, 2.05) is 0 Å². The molecule has 23 heteroatoms. The van der Waals surface area contributed by atoms with E-state index in [2.05, 4.69) is 15.5 Å². The molecule has 0 aromatic carbocycles. The summed E-state index contributed by atoms with van der Waals surface area (Å²) in [5.74, 6) is -8.37. The fourth-order valence-corrected chi connectivity index (χ4v) is 8.89. The molecule has 21 nitrogen and oxygen atoms in total. The van der Waals surface area contributed by atoms with E-state index in [9.17, 15) is 53.8 Å². The largest absolute Gasteiger partial charge is 0.481 e. The number of allylic oxidation sites excluding steroid dienone is 1. The van der Waals surface area contributed by atoms with Crippen LogP contribution in [0.4, 0.5) is 5.13 Å². The second-order valence-electron chi connectivity index (χ2n) is 12.9. The third-order valence-electron chi connectivity index (χ3n) is 9.67. The van der Waals surface area contributed by atoms with Gasteiger partial charge in [-0.05, 0) is 0 Å². The molecule has 3 amide bonds. The monoisotopic (exact) mass is 777 g/mol. The first-order valence-electron chi connectivity index (χ1n) is 16.1. The van der Waals surface area contributed by atoms with Crippen LogP contribution in [0.2, 0.25) is 0 Å². The summed E-state index contributed by atoms with van der Waals surface area (Å²) >= 11 is 2.15. The molecular weight excluding hydrogens is 745 g/mol. The molecule has 282 valence electrons.